The van der Waals surface area contributed by atoms with E-state index in [0.717, 1.165) is 36.6 Å². The standard InChI is InChI=1S/C22H23N3O4/c1-27-19-6-8-20(9-7-19)28-15-21-23-22(29-24-21)14-25-12-10-17(11-13-25)16-2-4-18(26)5-3-16/h2-10,26H,11-15H2,1H3. The van der Waals surface area contributed by atoms with Crippen LogP contribution in [0.25, 0.3) is 5.57 Å². The molecule has 2 aromatic carbocycles. The molecular formula is C22H23N3O4. The molecule has 1 aliphatic rings. The van der Waals surface area contributed by atoms with Crippen LogP contribution in [0.1, 0.15) is 23.7 Å². The first-order valence-corrected chi connectivity index (χ1v) is 9.49. The second-order valence-electron chi connectivity index (χ2n) is 6.83. The third kappa shape index (κ3) is 4.94. The number of nitrogens with zero attached hydrogens (tertiary/aromatic N) is 3. The van der Waals surface area contributed by atoms with Crippen LogP contribution in [0.3, 0.4) is 0 Å². The van der Waals surface area contributed by atoms with Gasteiger partial charge in [-0.15, -0.1) is 0 Å². The highest BCUT2D eigenvalue weighted by Gasteiger charge is 2.16. The number of methoxy groups -OCH3 is 1. The molecule has 0 aliphatic carbocycles. The Morgan fingerprint density at radius 3 is 2.52 bits per heavy atom. The average Bonchev–Trinajstić information content (AvgIpc) is 3.21. The second-order valence-corrected chi connectivity index (χ2v) is 6.83. The van der Waals surface area contributed by atoms with E-state index in [1.807, 2.05) is 36.4 Å². The monoisotopic (exact) mass is 393 g/mol. The highest BCUT2D eigenvalue weighted by atomic mass is 16.5. The summed E-state index contributed by atoms with van der Waals surface area (Å²) >= 11 is 0. The van der Waals surface area contributed by atoms with Crippen LogP contribution in [0.4, 0.5) is 0 Å². The minimum atomic E-state index is 0.251. The summed E-state index contributed by atoms with van der Waals surface area (Å²) in [6.45, 7) is 2.58. The van der Waals surface area contributed by atoms with E-state index >= 15 is 0 Å². The summed E-state index contributed by atoms with van der Waals surface area (Å²) in [4.78, 5) is 6.68. The normalized spacial score (nSPS) is 14.4. The molecule has 2 heterocycles. The van der Waals surface area contributed by atoms with Crippen LogP contribution < -0.4 is 9.47 Å². The maximum atomic E-state index is 9.42. The smallest absolute Gasteiger partial charge is 0.240 e. The number of hydrogen-bond donors (Lipinski definition) is 1. The van der Waals surface area contributed by atoms with Gasteiger partial charge in [0.25, 0.3) is 0 Å². The Hall–Kier alpha value is -3.32. The minimum Gasteiger partial charge on any atom is -0.508 e. The Balaban J connectivity index is 1.28. The zero-order valence-corrected chi connectivity index (χ0v) is 16.2. The van der Waals surface area contributed by atoms with Crippen LogP contribution in [0.2, 0.25) is 0 Å². The maximum absolute atomic E-state index is 9.42. The number of ether oxygens (including phenoxy) is 2. The Bertz CT molecular complexity index is 964. The van der Waals surface area contributed by atoms with Crippen molar-refractivity contribution in [3.8, 4) is 17.2 Å². The fourth-order valence-corrected chi connectivity index (χ4v) is 3.22. The number of benzene rings is 2. The number of hydrogen-bond acceptors (Lipinski definition) is 7. The molecule has 4 rings (SSSR count). The third-order valence-corrected chi connectivity index (χ3v) is 4.83. The van der Waals surface area contributed by atoms with Gasteiger partial charge in [0.15, 0.2) is 6.61 Å². The zero-order chi connectivity index (χ0) is 20.1. The van der Waals surface area contributed by atoms with Crippen molar-refractivity contribution >= 4 is 5.57 Å². The fraction of sp³-hybridized carbons (Fsp3) is 0.273. The molecule has 0 bridgehead atoms. The Labute approximate surface area is 169 Å². The lowest BCUT2D eigenvalue weighted by molar-refractivity contribution is 0.243. The van der Waals surface area contributed by atoms with Gasteiger partial charge in [-0.25, -0.2) is 0 Å². The summed E-state index contributed by atoms with van der Waals surface area (Å²) in [6, 6.07) is 14.7. The van der Waals surface area contributed by atoms with E-state index < -0.39 is 0 Å². The lowest BCUT2D eigenvalue weighted by Gasteiger charge is -2.25. The minimum absolute atomic E-state index is 0.251. The lowest BCUT2D eigenvalue weighted by Crippen LogP contribution is -2.28. The van der Waals surface area contributed by atoms with E-state index in [-0.39, 0.29) is 12.4 Å². The quantitative estimate of drug-likeness (QED) is 0.656. The second kappa shape index (κ2) is 8.79. The van der Waals surface area contributed by atoms with E-state index in [1.165, 1.54) is 5.57 Å². The first-order valence-electron chi connectivity index (χ1n) is 9.49. The Morgan fingerprint density at radius 2 is 1.83 bits per heavy atom. The molecule has 150 valence electrons. The van der Waals surface area contributed by atoms with Crippen molar-refractivity contribution < 1.29 is 19.1 Å². The maximum Gasteiger partial charge on any atom is 0.240 e. The summed E-state index contributed by atoms with van der Waals surface area (Å²) in [5, 5.41) is 13.4. The van der Waals surface area contributed by atoms with E-state index in [1.54, 1.807) is 19.2 Å². The van der Waals surface area contributed by atoms with Crippen LogP contribution in [-0.2, 0) is 13.2 Å². The highest BCUT2D eigenvalue weighted by Crippen LogP contribution is 2.24. The molecule has 3 aromatic rings. The molecule has 0 fully saturated rings. The van der Waals surface area contributed by atoms with Crippen LogP contribution >= 0.6 is 0 Å². The third-order valence-electron chi connectivity index (χ3n) is 4.83. The summed E-state index contributed by atoms with van der Waals surface area (Å²) in [6.07, 6.45) is 3.15. The first-order chi connectivity index (χ1) is 14.2. The molecule has 1 N–H and O–H groups in total. The van der Waals surface area contributed by atoms with Crippen molar-refractivity contribution in [2.75, 3.05) is 20.2 Å². The van der Waals surface area contributed by atoms with Gasteiger partial charge in [-0.3, -0.25) is 4.90 Å². The zero-order valence-electron chi connectivity index (χ0n) is 16.2. The predicted molar refractivity (Wildman–Crippen MR) is 108 cm³/mol. The summed E-state index contributed by atoms with van der Waals surface area (Å²) in [5.74, 6) is 2.89. The molecule has 7 heteroatoms. The lowest BCUT2D eigenvalue weighted by atomic mass is 9.99. The van der Waals surface area contributed by atoms with Crippen LogP contribution in [0.15, 0.2) is 59.1 Å². The van der Waals surface area contributed by atoms with Gasteiger partial charge in [0.05, 0.1) is 13.7 Å². The largest absolute Gasteiger partial charge is 0.508 e. The van der Waals surface area contributed by atoms with Gasteiger partial charge < -0.3 is 19.1 Å². The predicted octanol–water partition coefficient (Wildman–Crippen LogP) is 3.65. The van der Waals surface area contributed by atoms with Crippen molar-refractivity contribution in [2.24, 2.45) is 0 Å². The highest BCUT2D eigenvalue weighted by molar-refractivity contribution is 5.67. The summed E-state index contributed by atoms with van der Waals surface area (Å²) in [5.41, 5.74) is 2.44. The van der Waals surface area contributed by atoms with Gasteiger partial charge in [0, 0.05) is 13.1 Å². The molecule has 0 unspecified atom stereocenters. The van der Waals surface area contributed by atoms with E-state index in [2.05, 4.69) is 21.1 Å². The Kier molecular flexibility index (Phi) is 5.76. The van der Waals surface area contributed by atoms with E-state index in [9.17, 15) is 5.11 Å². The van der Waals surface area contributed by atoms with Gasteiger partial charge in [0.1, 0.15) is 17.2 Å². The number of phenolic OH excluding ortho intramolecular Hbond substituents is 1. The fourth-order valence-electron chi connectivity index (χ4n) is 3.22. The molecule has 0 saturated heterocycles. The summed E-state index contributed by atoms with van der Waals surface area (Å²) in [7, 11) is 1.63. The SMILES string of the molecule is COc1ccc(OCc2noc(CN3CC=C(c4ccc(O)cc4)CC3)n2)cc1. The van der Waals surface area contributed by atoms with Crippen LogP contribution in [0, 0.1) is 0 Å². The van der Waals surface area contributed by atoms with Gasteiger partial charge >= 0.3 is 0 Å². The van der Waals surface area contributed by atoms with Crippen molar-refractivity contribution in [3.63, 3.8) is 0 Å². The average molecular weight is 393 g/mol. The molecule has 0 atom stereocenters. The topological polar surface area (TPSA) is 80.9 Å². The first kappa shape index (κ1) is 19.0. The Morgan fingerprint density at radius 1 is 1.07 bits per heavy atom. The molecule has 0 radical (unpaired) electrons. The molecule has 1 aliphatic heterocycles. The van der Waals surface area contributed by atoms with E-state index in [4.69, 9.17) is 14.0 Å². The molecular weight excluding hydrogens is 370 g/mol. The van der Waals surface area contributed by atoms with Gasteiger partial charge in [-0.05, 0) is 54.0 Å². The number of aromatic nitrogens is 2. The van der Waals surface area contributed by atoms with E-state index in [0.29, 0.717) is 18.3 Å². The number of phenols is 1. The van der Waals surface area contributed by atoms with Crippen molar-refractivity contribution in [1.82, 2.24) is 15.0 Å². The van der Waals surface area contributed by atoms with Crippen LogP contribution in [-0.4, -0.2) is 40.3 Å². The number of rotatable bonds is 7. The van der Waals surface area contributed by atoms with Crippen molar-refractivity contribution in [3.05, 3.63) is 71.9 Å². The molecule has 7 nitrogen and oxygen atoms in total. The van der Waals surface area contributed by atoms with Gasteiger partial charge in [0.2, 0.25) is 11.7 Å². The van der Waals surface area contributed by atoms with Gasteiger partial charge in [-0.2, -0.15) is 4.98 Å². The number of aromatic hydroxyl groups is 1. The molecule has 0 amide bonds. The molecule has 1 aromatic heterocycles. The van der Waals surface area contributed by atoms with Crippen molar-refractivity contribution in [1.29, 1.82) is 0 Å². The van der Waals surface area contributed by atoms with Crippen molar-refractivity contribution in [2.45, 2.75) is 19.6 Å². The molecule has 0 spiro atoms. The molecule has 29 heavy (non-hydrogen) atoms. The van der Waals surface area contributed by atoms with Crippen LogP contribution in [0.5, 0.6) is 17.2 Å². The molecule has 0 saturated carbocycles. The van der Waals surface area contributed by atoms with Gasteiger partial charge in [-0.1, -0.05) is 23.4 Å². The summed E-state index contributed by atoms with van der Waals surface area (Å²) < 4.78 is 16.2.